The molecule has 0 bridgehead atoms. The van der Waals surface area contributed by atoms with Crippen LogP contribution in [0.4, 0.5) is 0 Å². The van der Waals surface area contributed by atoms with Crippen molar-refractivity contribution in [3.8, 4) is 11.5 Å². The summed E-state index contributed by atoms with van der Waals surface area (Å²) in [5.74, 6) is 1.81. The Morgan fingerprint density at radius 2 is 1.03 bits per heavy atom. The molecule has 4 fully saturated rings. The van der Waals surface area contributed by atoms with Crippen molar-refractivity contribution in [2.24, 2.45) is 0 Å². The molecule has 0 aromatic heterocycles. The van der Waals surface area contributed by atoms with Gasteiger partial charge in [0.05, 0.1) is 0 Å². The summed E-state index contributed by atoms with van der Waals surface area (Å²) >= 11 is 0. The van der Waals surface area contributed by atoms with Gasteiger partial charge in [-0.1, -0.05) is 0 Å². The van der Waals surface area contributed by atoms with Crippen LogP contribution in [0.25, 0.3) is 0 Å². The first-order valence-electron chi connectivity index (χ1n) is 11.1. The van der Waals surface area contributed by atoms with E-state index >= 15 is 0 Å². The Bertz CT molecular complexity index is 830. The van der Waals surface area contributed by atoms with E-state index in [0.717, 1.165) is 28.5 Å². The second-order valence-electron chi connectivity index (χ2n) is 9.67. The van der Waals surface area contributed by atoms with Gasteiger partial charge in [0.25, 0.3) is 0 Å². The number of methoxy groups -OCH3 is 2. The third-order valence-electron chi connectivity index (χ3n) is 8.18. The molecule has 3 nitrogen and oxygen atoms in total. The fourth-order valence-corrected chi connectivity index (χ4v) is 15.8. The molecule has 4 aliphatic rings. The van der Waals surface area contributed by atoms with Gasteiger partial charge >= 0.3 is 173 Å². The first-order chi connectivity index (χ1) is 14.1. The van der Waals surface area contributed by atoms with E-state index in [-0.39, 0.29) is 5.60 Å². The Morgan fingerprint density at radius 3 is 1.31 bits per heavy atom. The van der Waals surface area contributed by atoms with Gasteiger partial charge < -0.3 is 0 Å². The van der Waals surface area contributed by atoms with Crippen LogP contribution in [0.5, 0.6) is 11.5 Å². The van der Waals surface area contributed by atoms with Crippen LogP contribution in [-0.2, 0) is 10.1 Å². The van der Waals surface area contributed by atoms with E-state index in [9.17, 15) is 0 Å². The fraction of sp³-hybridized carbons (Fsp3) is 0.520. The summed E-state index contributed by atoms with van der Waals surface area (Å²) in [7, 11) is 3.46. The van der Waals surface area contributed by atoms with Crippen molar-refractivity contribution in [2.75, 3.05) is 20.4 Å². The molecule has 0 radical (unpaired) electrons. The molecule has 6 rings (SSSR count). The molecule has 1 heterocycles. The van der Waals surface area contributed by atoms with E-state index in [1.54, 1.807) is 14.2 Å². The van der Waals surface area contributed by atoms with Crippen molar-refractivity contribution in [3.05, 3.63) is 59.7 Å². The average Bonchev–Trinajstić information content (AvgIpc) is 3.60. The van der Waals surface area contributed by atoms with E-state index < -0.39 is 6.83 Å². The zero-order chi connectivity index (χ0) is 19.7. The number of rotatable bonds is 7. The predicted octanol–water partition coefficient (Wildman–Crippen LogP) is 5.93. The molecule has 0 atom stereocenters. The van der Waals surface area contributed by atoms with E-state index in [4.69, 9.17) is 14.0 Å². The normalized spacial score (nSPS) is 27.9. The van der Waals surface area contributed by atoms with Gasteiger partial charge in [-0.25, -0.2) is 0 Å². The molecule has 2 aromatic rings. The summed E-state index contributed by atoms with van der Waals surface area (Å²) in [6.45, 7) is -2.10. The van der Waals surface area contributed by atoms with Crippen molar-refractivity contribution in [3.63, 3.8) is 0 Å². The molecule has 0 unspecified atom stereocenters. The quantitative estimate of drug-likeness (QED) is 0.529. The van der Waals surface area contributed by atoms with Gasteiger partial charge in [0.2, 0.25) is 0 Å². The Hall–Kier alpha value is -1.57. The van der Waals surface area contributed by atoms with Crippen molar-refractivity contribution < 1.29 is 14.0 Å². The Labute approximate surface area is 173 Å². The van der Waals surface area contributed by atoms with Crippen LogP contribution < -0.4 is 9.47 Å². The van der Waals surface area contributed by atoms with Gasteiger partial charge in [-0.15, -0.1) is 0 Å². The molecule has 2 aromatic carbocycles. The molecule has 154 valence electrons. The van der Waals surface area contributed by atoms with E-state index in [1.807, 2.05) is 0 Å². The van der Waals surface area contributed by atoms with Crippen LogP contribution in [0.3, 0.4) is 0 Å². The van der Waals surface area contributed by atoms with Crippen molar-refractivity contribution in [1.82, 2.24) is 0 Å². The first-order valence-corrected chi connectivity index (χ1v) is 13.7. The van der Waals surface area contributed by atoms with Gasteiger partial charge in [-0.05, 0) is 0 Å². The van der Waals surface area contributed by atoms with E-state index in [1.165, 1.54) is 55.8 Å². The van der Waals surface area contributed by atoms with E-state index in [2.05, 4.69) is 48.5 Å². The zero-order valence-corrected chi connectivity index (χ0v) is 18.4. The number of hydrogen-bond donors (Lipinski definition) is 0. The Morgan fingerprint density at radius 1 is 0.690 bits per heavy atom. The maximum absolute atomic E-state index is 7.64. The van der Waals surface area contributed by atoms with Crippen LogP contribution in [0, 0.1) is 0 Å². The van der Waals surface area contributed by atoms with Crippen LogP contribution in [0.15, 0.2) is 48.5 Å². The summed E-state index contributed by atoms with van der Waals surface area (Å²) in [5.41, 5.74) is 4.95. The Kier molecular flexibility index (Phi) is 3.76. The average molecular weight is 410 g/mol. The molecule has 3 aliphatic carbocycles. The van der Waals surface area contributed by atoms with Gasteiger partial charge in [0.15, 0.2) is 0 Å². The van der Waals surface area contributed by atoms with Gasteiger partial charge in [-0.2, -0.15) is 0 Å². The molecule has 0 spiro atoms. The van der Waals surface area contributed by atoms with Gasteiger partial charge in [-0.3, -0.25) is 0 Å². The van der Waals surface area contributed by atoms with Crippen LogP contribution in [0.2, 0.25) is 0 Å². The molecule has 0 amide bonds. The second-order valence-corrected chi connectivity index (χ2v) is 15.2. The molecule has 1 aliphatic heterocycles. The van der Waals surface area contributed by atoms with Gasteiger partial charge in [0, 0.05) is 0 Å². The van der Waals surface area contributed by atoms with Crippen molar-refractivity contribution >= 4 is 6.83 Å². The third-order valence-corrected chi connectivity index (χ3v) is 16.6. The number of ether oxygens (including phenoxy) is 2. The summed E-state index contributed by atoms with van der Waals surface area (Å²) in [6, 6.07) is 17.2. The minimum atomic E-state index is -2.10. The summed E-state index contributed by atoms with van der Waals surface area (Å²) in [4.78, 5) is 0. The maximum atomic E-state index is 7.64. The second kappa shape index (κ2) is 5.99. The molecular formula is C25H31O3P. The SMILES string of the molecule is COc1ccc(C2(c3ccc(OC)cc3)CP(C3CC3)(C3CC3)(C3CC3)O2)cc1. The number of benzene rings is 2. The molecule has 29 heavy (non-hydrogen) atoms. The van der Waals surface area contributed by atoms with E-state index in [0.29, 0.717) is 0 Å². The monoisotopic (exact) mass is 410 g/mol. The summed E-state index contributed by atoms with van der Waals surface area (Å²) < 4.78 is 18.5. The topological polar surface area (TPSA) is 27.7 Å². The van der Waals surface area contributed by atoms with Crippen molar-refractivity contribution in [2.45, 2.75) is 61.1 Å². The molecular weight excluding hydrogens is 379 g/mol. The molecule has 0 N–H and O–H groups in total. The molecule has 3 saturated carbocycles. The molecule has 4 heteroatoms. The number of hydrogen-bond acceptors (Lipinski definition) is 3. The molecule has 1 saturated heterocycles. The third kappa shape index (κ3) is 2.38. The standard InChI is InChI=1S/C25H31O3P/c1-26-20-7-3-18(4-8-20)25(19-5-9-21(27-2)10-6-19)17-29(28-25,22-11-12-22,23-13-14-23)24-15-16-24/h3-10,22-24H,11-17H2,1-2H3. The summed E-state index contributed by atoms with van der Waals surface area (Å²) in [6.07, 6.45) is 9.71. The van der Waals surface area contributed by atoms with Crippen LogP contribution in [0.1, 0.15) is 49.7 Å². The Balaban J connectivity index is 1.47. The van der Waals surface area contributed by atoms with Crippen LogP contribution in [-0.4, -0.2) is 37.4 Å². The van der Waals surface area contributed by atoms with Gasteiger partial charge in [0.1, 0.15) is 0 Å². The minimum absolute atomic E-state index is 0.301. The fourth-order valence-electron chi connectivity index (χ4n) is 6.51. The summed E-state index contributed by atoms with van der Waals surface area (Å²) in [5, 5.41) is 0. The zero-order valence-electron chi connectivity index (χ0n) is 17.5. The van der Waals surface area contributed by atoms with Crippen LogP contribution >= 0.6 is 6.83 Å². The predicted molar refractivity (Wildman–Crippen MR) is 119 cm³/mol. The first kappa shape index (κ1) is 18.2. The van der Waals surface area contributed by atoms with Crippen molar-refractivity contribution in [1.29, 1.82) is 0 Å².